The first-order valence-corrected chi connectivity index (χ1v) is 10.6. The maximum atomic E-state index is 4.75. The number of hydrogen-bond donors (Lipinski definition) is 0. The predicted molar refractivity (Wildman–Crippen MR) is 132 cm³/mol. The molecule has 0 saturated heterocycles. The van der Waals surface area contributed by atoms with Gasteiger partial charge in [-0.05, 0) is 30.0 Å². The van der Waals surface area contributed by atoms with Gasteiger partial charge in [0.05, 0.1) is 23.1 Å². The average molecular weight is 617 g/mol. The molecule has 3 aromatic heterocycles. The van der Waals surface area contributed by atoms with Gasteiger partial charge in [-0.15, -0.1) is 71.8 Å². The first-order valence-electron chi connectivity index (χ1n) is 10.6. The van der Waals surface area contributed by atoms with Crippen molar-refractivity contribution < 1.29 is 20.1 Å². The minimum atomic E-state index is 0. The van der Waals surface area contributed by atoms with Gasteiger partial charge in [-0.1, -0.05) is 30.3 Å². The molecule has 0 amide bonds. The Morgan fingerprint density at radius 3 is 2.03 bits per heavy atom. The van der Waals surface area contributed by atoms with Crippen molar-refractivity contribution in [2.75, 3.05) is 0 Å². The second kappa shape index (κ2) is 11.3. The molecule has 6 aromatic rings. The zero-order valence-electron chi connectivity index (χ0n) is 18.2. The SMILES string of the molecule is [Ir].[c-]1ccccc1-c1ccccn1.[c-]1ccccc1-c1nc2ccncc2n1-c1ccccc1. The monoisotopic (exact) mass is 617 g/mol. The number of hydrogen-bond acceptors (Lipinski definition) is 3. The van der Waals surface area contributed by atoms with Gasteiger partial charge in [0.15, 0.2) is 0 Å². The number of fused-ring (bicyclic) bond motifs is 1. The fourth-order valence-electron chi connectivity index (χ4n) is 3.55. The molecule has 0 unspecified atom stereocenters. The van der Waals surface area contributed by atoms with Crippen LogP contribution in [0.4, 0.5) is 0 Å². The summed E-state index contributed by atoms with van der Waals surface area (Å²) in [5.41, 5.74) is 5.98. The first-order chi connectivity index (χ1) is 16.4. The topological polar surface area (TPSA) is 43.6 Å². The molecule has 5 heteroatoms. The molecule has 1 radical (unpaired) electrons. The molecule has 3 aromatic carbocycles. The molecule has 0 spiro atoms. The molecule has 0 fully saturated rings. The standard InChI is InChI=1S/C18H12N3.C11H8N.Ir/c1-3-7-14(8-4-1)18-20-16-11-12-19-13-17(16)21(18)15-9-5-2-6-10-15;1-2-6-10(7-3-1)11-8-4-5-9-12-11;/h1-7,9-13H;1-6,8-9H;/q2*-1;. The number of pyridine rings is 2. The van der Waals surface area contributed by atoms with Gasteiger partial charge in [-0.25, -0.2) is 0 Å². The van der Waals surface area contributed by atoms with Crippen molar-refractivity contribution in [2.45, 2.75) is 0 Å². The van der Waals surface area contributed by atoms with E-state index in [-0.39, 0.29) is 20.1 Å². The van der Waals surface area contributed by atoms with Crippen molar-refractivity contribution in [3.05, 3.63) is 134 Å². The van der Waals surface area contributed by atoms with Crippen LogP contribution in [0.2, 0.25) is 0 Å². The molecule has 0 aliphatic carbocycles. The third kappa shape index (κ3) is 5.17. The van der Waals surface area contributed by atoms with E-state index < -0.39 is 0 Å². The fraction of sp³-hybridized carbons (Fsp3) is 0. The largest absolute Gasteiger partial charge is 0.332 e. The summed E-state index contributed by atoms with van der Waals surface area (Å²) >= 11 is 0. The number of para-hydroxylation sites is 1. The van der Waals surface area contributed by atoms with Crippen LogP contribution in [-0.4, -0.2) is 19.5 Å². The quantitative estimate of drug-likeness (QED) is 0.215. The van der Waals surface area contributed by atoms with Crippen LogP contribution in [0.25, 0.3) is 39.4 Å². The summed E-state index contributed by atoms with van der Waals surface area (Å²) in [6.07, 6.45) is 5.40. The van der Waals surface area contributed by atoms with Crippen molar-refractivity contribution >= 4 is 11.0 Å². The molecule has 0 bridgehead atoms. The summed E-state index contributed by atoms with van der Waals surface area (Å²) in [4.78, 5) is 13.2. The predicted octanol–water partition coefficient (Wildman–Crippen LogP) is 6.43. The van der Waals surface area contributed by atoms with Crippen molar-refractivity contribution in [3.8, 4) is 28.3 Å². The third-order valence-electron chi connectivity index (χ3n) is 5.07. The molecule has 4 nitrogen and oxygen atoms in total. The van der Waals surface area contributed by atoms with Crippen LogP contribution in [0.5, 0.6) is 0 Å². The van der Waals surface area contributed by atoms with Crippen LogP contribution >= 0.6 is 0 Å². The molecule has 6 rings (SSSR count). The van der Waals surface area contributed by atoms with Crippen molar-refractivity contribution in [1.82, 2.24) is 19.5 Å². The summed E-state index contributed by atoms with van der Waals surface area (Å²) in [5.74, 6) is 0.879. The summed E-state index contributed by atoms with van der Waals surface area (Å²) in [6.45, 7) is 0. The molecule has 0 N–H and O–H groups in total. The molecule has 3 heterocycles. The number of nitrogens with zero attached hydrogens (tertiary/aromatic N) is 4. The summed E-state index contributed by atoms with van der Waals surface area (Å²) in [5, 5.41) is 0. The number of benzene rings is 3. The Morgan fingerprint density at radius 1 is 0.647 bits per heavy atom. The Morgan fingerprint density at radius 2 is 1.35 bits per heavy atom. The van der Waals surface area contributed by atoms with Crippen molar-refractivity contribution in [3.63, 3.8) is 0 Å². The summed E-state index contributed by atoms with van der Waals surface area (Å²) in [6, 6.07) is 40.1. The second-order valence-electron chi connectivity index (χ2n) is 7.24. The van der Waals surface area contributed by atoms with E-state index in [1.807, 2.05) is 97.2 Å². The van der Waals surface area contributed by atoms with E-state index in [0.29, 0.717) is 0 Å². The van der Waals surface area contributed by atoms with Gasteiger partial charge in [0.1, 0.15) is 0 Å². The zero-order valence-corrected chi connectivity index (χ0v) is 20.6. The van der Waals surface area contributed by atoms with E-state index in [0.717, 1.165) is 39.4 Å². The van der Waals surface area contributed by atoms with Crippen molar-refractivity contribution in [2.24, 2.45) is 0 Å². The number of aromatic nitrogens is 4. The van der Waals surface area contributed by atoms with E-state index >= 15 is 0 Å². The summed E-state index contributed by atoms with van der Waals surface area (Å²) in [7, 11) is 0. The number of imidazole rings is 1. The Balaban J connectivity index is 0.000000180. The van der Waals surface area contributed by atoms with E-state index in [1.54, 1.807) is 12.4 Å². The van der Waals surface area contributed by atoms with E-state index in [9.17, 15) is 0 Å². The molecule has 167 valence electrons. The smallest absolute Gasteiger partial charge is 0.0822 e. The zero-order chi connectivity index (χ0) is 22.3. The normalized spacial score (nSPS) is 10.1. The Hall–Kier alpha value is -3.92. The van der Waals surface area contributed by atoms with Crippen LogP contribution < -0.4 is 0 Å². The van der Waals surface area contributed by atoms with Crippen LogP contribution in [0.3, 0.4) is 0 Å². The van der Waals surface area contributed by atoms with Gasteiger partial charge < -0.3 is 9.55 Å². The molecular weight excluding hydrogens is 597 g/mol. The summed E-state index contributed by atoms with van der Waals surface area (Å²) < 4.78 is 2.12. The molecular formula is C29H20IrN4-2. The molecule has 0 aliphatic heterocycles. The Bertz CT molecular complexity index is 1400. The van der Waals surface area contributed by atoms with Crippen LogP contribution in [-0.2, 0) is 20.1 Å². The maximum absolute atomic E-state index is 4.75. The van der Waals surface area contributed by atoms with E-state index in [1.165, 1.54) is 0 Å². The minimum absolute atomic E-state index is 0. The van der Waals surface area contributed by atoms with Gasteiger partial charge in [0.25, 0.3) is 0 Å². The van der Waals surface area contributed by atoms with Gasteiger partial charge in [-0.3, -0.25) is 9.97 Å². The molecule has 0 atom stereocenters. The van der Waals surface area contributed by atoms with E-state index in [4.69, 9.17) is 4.98 Å². The van der Waals surface area contributed by atoms with E-state index in [2.05, 4.69) is 38.8 Å². The van der Waals surface area contributed by atoms with Gasteiger partial charge in [-0.2, -0.15) is 0 Å². The van der Waals surface area contributed by atoms with Crippen LogP contribution in [0.15, 0.2) is 122 Å². The number of rotatable bonds is 3. The van der Waals surface area contributed by atoms with Gasteiger partial charge >= 0.3 is 0 Å². The van der Waals surface area contributed by atoms with Crippen molar-refractivity contribution in [1.29, 1.82) is 0 Å². The van der Waals surface area contributed by atoms with Crippen LogP contribution in [0.1, 0.15) is 0 Å². The molecule has 0 aliphatic rings. The average Bonchev–Trinajstić information content (AvgIpc) is 3.31. The Labute approximate surface area is 212 Å². The second-order valence-corrected chi connectivity index (χ2v) is 7.24. The minimum Gasteiger partial charge on any atom is -0.332 e. The molecule has 0 saturated carbocycles. The fourth-order valence-corrected chi connectivity index (χ4v) is 3.55. The third-order valence-corrected chi connectivity index (χ3v) is 5.07. The molecule has 34 heavy (non-hydrogen) atoms. The van der Waals surface area contributed by atoms with Crippen LogP contribution in [0, 0.1) is 12.1 Å². The maximum Gasteiger partial charge on any atom is 0.0822 e. The van der Waals surface area contributed by atoms with Gasteiger partial charge in [0.2, 0.25) is 0 Å². The first kappa shape index (κ1) is 23.2. The Kier molecular flexibility index (Phi) is 7.71. The van der Waals surface area contributed by atoms with Gasteiger partial charge in [0, 0.05) is 38.2 Å².